The molecule has 5 nitrogen and oxygen atoms in total. The van der Waals surface area contributed by atoms with Crippen LogP contribution in [0.1, 0.15) is 11.1 Å². The molecule has 0 radical (unpaired) electrons. The van der Waals surface area contributed by atoms with E-state index in [2.05, 4.69) is 15.3 Å². The minimum Gasteiger partial charge on any atom is -0.444 e. The Labute approximate surface area is 206 Å². The highest BCUT2D eigenvalue weighted by Gasteiger charge is 2.40. The molecule has 168 valence electrons. The Morgan fingerprint density at radius 2 is 1.52 bits per heavy atom. The van der Waals surface area contributed by atoms with Gasteiger partial charge >= 0.3 is 12.2 Å². The highest BCUT2D eigenvalue weighted by molar-refractivity contribution is 6.67. The van der Waals surface area contributed by atoms with Gasteiger partial charge < -0.3 is 9.47 Å². The SMILES string of the molecule is O=C(NN=C(c1ccc(Cl)cc1)c1ccc(OC(F)(F)C(Cl)Cl)cc1)OCC(Cl)(Cl)Cl. The number of carbonyl (C=O) groups is 1. The summed E-state index contributed by atoms with van der Waals surface area (Å²) >= 11 is 32.9. The summed E-state index contributed by atoms with van der Waals surface area (Å²) in [6, 6.07) is 11.9. The maximum absolute atomic E-state index is 13.5. The zero-order chi connectivity index (χ0) is 23.2. The van der Waals surface area contributed by atoms with Crippen molar-refractivity contribution in [1.82, 2.24) is 5.43 Å². The first-order valence-electron chi connectivity index (χ1n) is 8.16. The smallest absolute Gasteiger partial charge is 0.428 e. The van der Waals surface area contributed by atoms with Crippen LogP contribution in [-0.4, -0.2) is 33.1 Å². The van der Waals surface area contributed by atoms with Gasteiger partial charge in [-0.2, -0.15) is 13.9 Å². The molecule has 0 heterocycles. The predicted octanol–water partition coefficient (Wildman–Crippen LogP) is 6.96. The van der Waals surface area contributed by atoms with Gasteiger partial charge in [-0.15, -0.1) is 0 Å². The van der Waals surface area contributed by atoms with Crippen LogP contribution in [0.5, 0.6) is 5.75 Å². The molecule has 0 aliphatic rings. The summed E-state index contributed by atoms with van der Waals surface area (Å²) in [6.07, 6.45) is -4.77. The minimum absolute atomic E-state index is 0.189. The third kappa shape index (κ3) is 8.67. The average Bonchev–Trinajstić information content (AvgIpc) is 2.68. The van der Waals surface area contributed by atoms with E-state index in [9.17, 15) is 13.6 Å². The number of benzene rings is 2. The van der Waals surface area contributed by atoms with Gasteiger partial charge in [0.25, 0.3) is 0 Å². The van der Waals surface area contributed by atoms with E-state index >= 15 is 0 Å². The van der Waals surface area contributed by atoms with Gasteiger partial charge in [0.1, 0.15) is 12.4 Å². The summed E-state index contributed by atoms with van der Waals surface area (Å²) in [5.41, 5.74) is 3.41. The normalized spacial score (nSPS) is 12.6. The number of alkyl halides is 7. The fourth-order valence-electron chi connectivity index (χ4n) is 2.07. The topological polar surface area (TPSA) is 59.9 Å². The van der Waals surface area contributed by atoms with Gasteiger partial charge in [-0.05, 0) is 36.4 Å². The van der Waals surface area contributed by atoms with Gasteiger partial charge in [-0.25, -0.2) is 10.2 Å². The Morgan fingerprint density at radius 3 is 2.00 bits per heavy atom. The molecule has 0 aliphatic carbocycles. The Balaban J connectivity index is 2.26. The maximum Gasteiger partial charge on any atom is 0.428 e. The number of halogens is 8. The number of nitrogens with zero attached hydrogens (tertiary/aromatic N) is 1. The van der Waals surface area contributed by atoms with E-state index in [1.54, 1.807) is 24.3 Å². The number of nitrogens with one attached hydrogen (secondary N) is 1. The van der Waals surface area contributed by atoms with E-state index in [-0.39, 0.29) is 11.5 Å². The van der Waals surface area contributed by atoms with Gasteiger partial charge in [-0.1, -0.05) is 81.7 Å². The highest BCUT2D eigenvalue weighted by atomic mass is 35.6. The quantitative estimate of drug-likeness (QED) is 0.228. The van der Waals surface area contributed by atoms with Crippen LogP contribution in [0.25, 0.3) is 0 Å². The van der Waals surface area contributed by atoms with E-state index in [0.29, 0.717) is 16.1 Å². The van der Waals surface area contributed by atoms with Crippen LogP contribution in [0, 0.1) is 0 Å². The summed E-state index contributed by atoms with van der Waals surface area (Å²) in [5, 5.41) is 4.49. The summed E-state index contributed by atoms with van der Waals surface area (Å²) < 4.78 is 34.5. The predicted molar refractivity (Wildman–Crippen MR) is 119 cm³/mol. The number of hydrazone groups is 1. The maximum atomic E-state index is 13.5. The molecule has 0 aliphatic heterocycles. The molecule has 0 saturated carbocycles. The number of hydrogen-bond acceptors (Lipinski definition) is 4. The van der Waals surface area contributed by atoms with Crippen LogP contribution >= 0.6 is 69.6 Å². The molecule has 0 atom stereocenters. The van der Waals surface area contributed by atoms with Crippen molar-refractivity contribution in [3.8, 4) is 5.75 Å². The molecule has 0 bridgehead atoms. The molecular weight excluding hydrogens is 543 g/mol. The van der Waals surface area contributed by atoms with Gasteiger partial charge in [-0.3, -0.25) is 0 Å². The lowest BCUT2D eigenvalue weighted by Gasteiger charge is -2.18. The van der Waals surface area contributed by atoms with E-state index in [4.69, 9.17) is 74.3 Å². The highest BCUT2D eigenvalue weighted by Crippen LogP contribution is 2.30. The van der Waals surface area contributed by atoms with Crippen molar-refractivity contribution in [2.24, 2.45) is 5.10 Å². The molecule has 0 aromatic heterocycles. The largest absolute Gasteiger partial charge is 0.444 e. The standard InChI is InChI=1S/C18H12Cl6F2N2O3/c19-12-5-1-10(2-6-12)14(27-28-16(29)30-9-17(22,23)24)11-3-7-13(8-4-11)31-18(25,26)15(20)21/h1-8,15H,9H2,(H,28,29). The third-order valence-electron chi connectivity index (χ3n) is 3.38. The summed E-state index contributed by atoms with van der Waals surface area (Å²) in [5.74, 6) is -0.189. The molecule has 13 heteroatoms. The molecule has 2 aromatic rings. The molecule has 2 rings (SSSR count). The van der Waals surface area contributed by atoms with Crippen molar-refractivity contribution >= 4 is 81.4 Å². The van der Waals surface area contributed by atoms with Crippen molar-refractivity contribution in [3.63, 3.8) is 0 Å². The Kier molecular flexibility index (Phi) is 9.30. The van der Waals surface area contributed by atoms with E-state index in [1.807, 2.05) is 0 Å². The third-order valence-corrected chi connectivity index (χ3v) is 4.47. The zero-order valence-electron chi connectivity index (χ0n) is 15.1. The lowest BCUT2D eigenvalue weighted by Crippen LogP contribution is -2.32. The summed E-state index contributed by atoms with van der Waals surface area (Å²) in [7, 11) is 0. The number of rotatable bonds is 7. The Bertz CT molecular complexity index is 919. The van der Waals surface area contributed by atoms with Crippen molar-refractivity contribution in [2.75, 3.05) is 6.61 Å². The zero-order valence-corrected chi connectivity index (χ0v) is 19.6. The molecule has 1 amide bonds. The van der Waals surface area contributed by atoms with Gasteiger partial charge in [0, 0.05) is 16.1 Å². The van der Waals surface area contributed by atoms with Crippen LogP contribution in [0.4, 0.5) is 13.6 Å². The minimum atomic E-state index is -3.79. The second kappa shape index (κ2) is 11.1. The monoisotopic (exact) mass is 552 g/mol. The Morgan fingerprint density at radius 1 is 1.00 bits per heavy atom. The van der Waals surface area contributed by atoms with Crippen molar-refractivity contribution in [1.29, 1.82) is 0 Å². The van der Waals surface area contributed by atoms with Crippen LogP contribution in [0.2, 0.25) is 5.02 Å². The molecular formula is C18H12Cl6F2N2O3. The molecule has 2 aromatic carbocycles. The van der Waals surface area contributed by atoms with E-state index in [0.717, 1.165) is 0 Å². The lowest BCUT2D eigenvalue weighted by atomic mass is 10.0. The molecule has 1 N–H and O–H groups in total. The molecule has 0 saturated heterocycles. The fourth-order valence-corrected chi connectivity index (χ4v) is 2.45. The molecule has 31 heavy (non-hydrogen) atoms. The van der Waals surface area contributed by atoms with Gasteiger partial charge in [0.15, 0.2) is 0 Å². The second-order valence-electron chi connectivity index (χ2n) is 5.76. The van der Waals surface area contributed by atoms with Gasteiger partial charge in [0.2, 0.25) is 8.63 Å². The lowest BCUT2D eigenvalue weighted by molar-refractivity contribution is -0.163. The number of hydrogen-bond donors (Lipinski definition) is 1. The fraction of sp³-hybridized carbons (Fsp3) is 0.222. The van der Waals surface area contributed by atoms with Crippen molar-refractivity contribution in [3.05, 3.63) is 64.7 Å². The van der Waals surface area contributed by atoms with Crippen molar-refractivity contribution in [2.45, 2.75) is 14.7 Å². The second-order valence-corrected chi connectivity index (χ2v) is 9.81. The van der Waals surface area contributed by atoms with Crippen LogP contribution in [0.3, 0.4) is 0 Å². The first kappa shape index (κ1) is 26.0. The van der Waals surface area contributed by atoms with Crippen LogP contribution in [0.15, 0.2) is 53.6 Å². The average molecular weight is 555 g/mol. The van der Waals surface area contributed by atoms with Crippen molar-refractivity contribution < 1.29 is 23.0 Å². The molecule has 0 fully saturated rings. The molecule has 0 unspecified atom stereocenters. The van der Waals surface area contributed by atoms with E-state index < -0.39 is 27.4 Å². The number of amides is 1. The van der Waals surface area contributed by atoms with Crippen LogP contribution in [-0.2, 0) is 4.74 Å². The van der Waals surface area contributed by atoms with Crippen LogP contribution < -0.4 is 10.2 Å². The number of ether oxygens (including phenoxy) is 2. The molecule has 0 spiro atoms. The van der Waals surface area contributed by atoms with Gasteiger partial charge in [0.05, 0.1) is 5.71 Å². The number of carbonyl (C=O) groups excluding carboxylic acids is 1. The first-order valence-corrected chi connectivity index (χ1v) is 10.5. The summed E-state index contributed by atoms with van der Waals surface area (Å²) in [4.78, 5) is 9.77. The van der Waals surface area contributed by atoms with E-state index in [1.165, 1.54) is 24.3 Å². The Hall–Kier alpha value is -1.22. The summed E-state index contributed by atoms with van der Waals surface area (Å²) in [6.45, 7) is -0.502. The first-order chi connectivity index (χ1) is 14.4.